The van der Waals surface area contributed by atoms with Crippen molar-refractivity contribution in [1.82, 2.24) is 4.90 Å². The Hall–Kier alpha value is -3.13. The third-order valence-electron chi connectivity index (χ3n) is 3.76. The SMILES string of the molecule is Cc1ccccc1CN1C(=O)S/C(=C\C=C\c2ccc([N+](=O)[O-])o2)C1=O. The number of rotatable bonds is 5. The van der Waals surface area contributed by atoms with Crippen molar-refractivity contribution in [2.45, 2.75) is 13.5 Å². The van der Waals surface area contributed by atoms with Crippen molar-refractivity contribution in [3.63, 3.8) is 0 Å². The number of carbonyl (C=O) groups is 2. The molecule has 1 fully saturated rings. The molecule has 7 nitrogen and oxygen atoms in total. The highest BCUT2D eigenvalue weighted by Gasteiger charge is 2.34. The van der Waals surface area contributed by atoms with E-state index in [1.165, 1.54) is 35.3 Å². The smallest absolute Gasteiger partial charge is 0.401 e. The van der Waals surface area contributed by atoms with Crippen LogP contribution in [0.3, 0.4) is 0 Å². The number of aryl methyl sites for hydroxylation is 1. The summed E-state index contributed by atoms with van der Waals surface area (Å²) < 4.78 is 4.99. The second-order valence-electron chi connectivity index (χ2n) is 5.51. The van der Waals surface area contributed by atoms with Crippen LogP contribution in [0.2, 0.25) is 0 Å². The van der Waals surface area contributed by atoms with Crippen molar-refractivity contribution in [2.75, 3.05) is 0 Å². The van der Waals surface area contributed by atoms with Gasteiger partial charge < -0.3 is 4.42 Å². The molecule has 1 aromatic carbocycles. The van der Waals surface area contributed by atoms with Gasteiger partial charge in [-0.1, -0.05) is 30.3 Å². The second-order valence-corrected chi connectivity index (χ2v) is 6.50. The van der Waals surface area contributed by atoms with E-state index >= 15 is 0 Å². The van der Waals surface area contributed by atoms with Crippen LogP contribution in [0, 0.1) is 17.0 Å². The van der Waals surface area contributed by atoms with Crippen molar-refractivity contribution < 1.29 is 18.9 Å². The first kappa shape index (κ1) is 17.7. The minimum absolute atomic E-state index is 0.225. The van der Waals surface area contributed by atoms with Gasteiger partial charge in [0, 0.05) is 0 Å². The maximum absolute atomic E-state index is 12.4. The minimum Gasteiger partial charge on any atom is -0.401 e. The van der Waals surface area contributed by atoms with Gasteiger partial charge in [0.15, 0.2) is 0 Å². The summed E-state index contributed by atoms with van der Waals surface area (Å²) in [6, 6.07) is 10.3. The van der Waals surface area contributed by atoms with E-state index in [1.54, 1.807) is 0 Å². The van der Waals surface area contributed by atoms with Crippen LogP contribution in [0.25, 0.3) is 6.08 Å². The molecular weight excluding hydrogens is 356 g/mol. The lowest BCUT2D eigenvalue weighted by atomic mass is 10.1. The fourth-order valence-corrected chi connectivity index (χ4v) is 3.16. The summed E-state index contributed by atoms with van der Waals surface area (Å²) in [5, 5.41) is 10.2. The molecule has 0 aliphatic carbocycles. The molecule has 3 rings (SSSR count). The molecule has 0 unspecified atom stereocenters. The van der Waals surface area contributed by atoms with Gasteiger partial charge in [0.2, 0.25) is 0 Å². The number of hydrogen-bond donors (Lipinski definition) is 0. The molecule has 0 N–H and O–H groups in total. The summed E-state index contributed by atoms with van der Waals surface area (Å²) in [6.07, 6.45) is 4.51. The van der Waals surface area contributed by atoms with Gasteiger partial charge in [-0.05, 0) is 48.0 Å². The molecule has 0 saturated carbocycles. The Kier molecular flexibility index (Phi) is 5.04. The number of nitrogens with zero attached hydrogens (tertiary/aromatic N) is 2. The van der Waals surface area contributed by atoms with Gasteiger partial charge in [-0.3, -0.25) is 24.6 Å². The van der Waals surface area contributed by atoms with Crippen molar-refractivity contribution in [2.24, 2.45) is 0 Å². The molecular formula is C18H14N2O5S. The molecule has 132 valence electrons. The first-order valence-electron chi connectivity index (χ1n) is 7.66. The third-order valence-corrected chi connectivity index (χ3v) is 4.69. The van der Waals surface area contributed by atoms with Gasteiger partial charge in [0.25, 0.3) is 11.1 Å². The molecule has 8 heteroatoms. The van der Waals surface area contributed by atoms with Crippen molar-refractivity contribution >= 4 is 34.9 Å². The van der Waals surface area contributed by atoms with E-state index in [0.717, 1.165) is 22.9 Å². The fraction of sp³-hybridized carbons (Fsp3) is 0.111. The van der Waals surface area contributed by atoms with Gasteiger partial charge in [0.05, 0.1) is 17.5 Å². The number of imide groups is 1. The fourth-order valence-electron chi connectivity index (χ4n) is 2.37. The predicted molar refractivity (Wildman–Crippen MR) is 97.2 cm³/mol. The van der Waals surface area contributed by atoms with Crippen LogP contribution in [0.5, 0.6) is 0 Å². The number of amides is 2. The zero-order chi connectivity index (χ0) is 18.7. The lowest BCUT2D eigenvalue weighted by Gasteiger charge is -2.14. The van der Waals surface area contributed by atoms with Crippen molar-refractivity contribution in [3.05, 3.63) is 80.5 Å². The first-order chi connectivity index (χ1) is 12.5. The molecule has 2 heterocycles. The number of carbonyl (C=O) groups excluding carboxylic acids is 2. The highest BCUT2D eigenvalue weighted by atomic mass is 32.2. The quantitative estimate of drug-likeness (QED) is 0.443. The van der Waals surface area contributed by atoms with Crippen LogP contribution >= 0.6 is 11.8 Å². The van der Waals surface area contributed by atoms with E-state index in [4.69, 9.17) is 4.42 Å². The van der Waals surface area contributed by atoms with Gasteiger partial charge in [0.1, 0.15) is 10.7 Å². The molecule has 0 radical (unpaired) electrons. The average Bonchev–Trinajstić information content (AvgIpc) is 3.17. The normalized spacial score (nSPS) is 16.2. The van der Waals surface area contributed by atoms with Crippen LogP contribution in [0.15, 0.2) is 57.9 Å². The van der Waals surface area contributed by atoms with Crippen LogP contribution < -0.4 is 0 Å². The molecule has 0 atom stereocenters. The van der Waals surface area contributed by atoms with Crippen molar-refractivity contribution in [3.8, 4) is 0 Å². The standard InChI is InChI=1S/C18H14N2O5S/c1-12-5-2-3-6-13(12)11-19-17(21)15(26-18(19)22)8-4-7-14-9-10-16(25-14)20(23)24/h2-10H,11H2,1H3/b7-4+,15-8-. The number of allylic oxidation sites excluding steroid dienone is 2. The van der Waals surface area contributed by atoms with E-state index in [-0.39, 0.29) is 29.3 Å². The van der Waals surface area contributed by atoms with Gasteiger partial charge in [-0.2, -0.15) is 0 Å². The molecule has 0 spiro atoms. The number of benzene rings is 1. The Morgan fingerprint density at radius 1 is 1.23 bits per heavy atom. The van der Waals surface area contributed by atoms with Gasteiger partial charge >= 0.3 is 5.88 Å². The number of furan rings is 1. The Morgan fingerprint density at radius 2 is 2.00 bits per heavy atom. The summed E-state index contributed by atoms with van der Waals surface area (Å²) in [5.41, 5.74) is 1.92. The molecule has 1 aliphatic heterocycles. The van der Waals surface area contributed by atoms with Crippen LogP contribution in [-0.2, 0) is 11.3 Å². The highest BCUT2D eigenvalue weighted by Crippen LogP contribution is 2.32. The summed E-state index contributed by atoms with van der Waals surface area (Å²) >= 11 is 0.861. The summed E-state index contributed by atoms with van der Waals surface area (Å²) in [5.74, 6) is -0.436. The van der Waals surface area contributed by atoms with Crippen LogP contribution in [-0.4, -0.2) is 21.0 Å². The lowest BCUT2D eigenvalue weighted by Crippen LogP contribution is -2.27. The lowest BCUT2D eigenvalue weighted by molar-refractivity contribution is -0.402. The number of thioether (sulfide) groups is 1. The molecule has 0 bridgehead atoms. The second kappa shape index (κ2) is 7.40. The molecule has 1 saturated heterocycles. The molecule has 26 heavy (non-hydrogen) atoms. The van der Waals surface area contributed by atoms with E-state index in [2.05, 4.69) is 0 Å². The highest BCUT2D eigenvalue weighted by molar-refractivity contribution is 8.18. The van der Waals surface area contributed by atoms with E-state index in [0.29, 0.717) is 4.91 Å². The number of nitro groups is 1. The van der Waals surface area contributed by atoms with Gasteiger partial charge in [-0.25, -0.2) is 0 Å². The monoisotopic (exact) mass is 370 g/mol. The molecule has 1 aromatic heterocycles. The molecule has 1 aliphatic rings. The van der Waals surface area contributed by atoms with Gasteiger partial charge in [-0.15, -0.1) is 0 Å². The minimum atomic E-state index is -0.631. The maximum Gasteiger partial charge on any atom is 0.433 e. The zero-order valence-electron chi connectivity index (χ0n) is 13.7. The summed E-state index contributed by atoms with van der Waals surface area (Å²) in [4.78, 5) is 36.0. The van der Waals surface area contributed by atoms with Crippen LogP contribution in [0.4, 0.5) is 10.7 Å². The zero-order valence-corrected chi connectivity index (χ0v) is 14.6. The van der Waals surface area contributed by atoms with E-state index < -0.39 is 4.92 Å². The largest absolute Gasteiger partial charge is 0.433 e. The Bertz CT molecular complexity index is 945. The van der Waals surface area contributed by atoms with E-state index in [9.17, 15) is 19.7 Å². The Labute approximate surface area is 153 Å². The predicted octanol–water partition coefficient (Wildman–Crippen LogP) is 4.29. The first-order valence-corrected chi connectivity index (χ1v) is 8.48. The van der Waals surface area contributed by atoms with Crippen molar-refractivity contribution in [1.29, 1.82) is 0 Å². The summed E-state index contributed by atoms with van der Waals surface area (Å²) in [7, 11) is 0. The topological polar surface area (TPSA) is 93.7 Å². The molecule has 2 amide bonds. The third kappa shape index (κ3) is 3.75. The summed E-state index contributed by atoms with van der Waals surface area (Å²) in [6.45, 7) is 2.15. The Balaban J connectivity index is 1.71. The Morgan fingerprint density at radius 3 is 2.69 bits per heavy atom. The van der Waals surface area contributed by atoms with E-state index in [1.807, 2.05) is 31.2 Å². The van der Waals surface area contributed by atoms with Crippen LogP contribution in [0.1, 0.15) is 16.9 Å². The molecule has 2 aromatic rings. The number of hydrogen-bond acceptors (Lipinski definition) is 6. The maximum atomic E-state index is 12.4. The average molecular weight is 370 g/mol.